The molecule has 1 heterocycles. The number of carbonyl (C=O) groups excluding carboxylic acids is 1. The van der Waals surface area contributed by atoms with E-state index in [0.29, 0.717) is 6.07 Å². The second kappa shape index (κ2) is 7.55. The molecule has 0 saturated heterocycles. The Morgan fingerprint density at radius 2 is 1.71 bits per heavy atom. The number of H-pyrrole nitrogens is 1. The molecule has 0 aliphatic heterocycles. The molecule has 28 heavy (non-hydrogen) atoms. The zero-order chi connectivity index (χ0) is 20.3. The normalized spacial score (nSPS) is 11.1. The van der Waals surface area contributed by atoms with Crippen LogP contribution in [0.5, 0.6) is 11.5 Å². The molecular weight excluding hydrogens is 380 g/mol. The molecule has 3 aromatic rings. The minimum Gasteiger partial charge on any atom is -0.457 e. The monoisotopic (exact) mass is 392 g/mol. The predicted octanol–water partition coefficient (Wildman–Crippen LogP) is 4.58. The number of alkyl halides is 3. The Bertz CT molecular complexity index is 1040. The molecule has 144 valence electrons. The van der Waals surface area contributed by atoms with Crippen molar-refractivity contribution < 1.29 is 27.1 Å². The summed E-state index contributed by atoms with van der Waals surface area (Å²) in [7, 11) is 0. The number of hydrogen-bond acceptors (Lipinski definition) is 3. The van der Waals surface area contributed by atoms with Crippen LogP contribution in [0.3, 0.4) is 0 Å². The van der Waals surface area contributed by atoms with Crippen molar-refractivity contribution in [1.82, 2.24) is 4.98 Å². The van der Waals surface area contributed by atoms with Crippen LogP contribution in [0.15, 0.2) is 65.6 Å². The summed E-state index contributed by atoms with van der Waals surface area (Å²) < 4.78 is 57.5. The number of amides is 1. The van der Waals surface area contributed by atoms with E-state index in [2.05, 4.69) is 10.3 Å². The number of ether oxygens (including phenoxy) is 1. The van der Waals surface area contributed by atoms with Gasteiger partial charge in [0.15, 0.2) is 0 Å². The minimum absolute atomic E-state index is 0.0545. The molecule has 5 nitrogen and oxygen atoms in total. The number of aromatic amines is 1. The zero-order valence-corrected chi connectivity index (χ0v) is 14.0. The van der Waals surface area contributed by atoms with Gasteiger partial charge in [-0.05, 0) is 48.5 Å². The number of benzene rings is 2. The highest BCUT2D eigenvalue weighted by Crippen LogP contribution is 2.35. The van der Waals surface area contributed by atoms with Gasteiger partial charge in [-0.2, -0.15) is 13.2 Å². The molecule has 9 heteroatoms. The third-order valence-corrected chi connectivity index (χ3v) is 3.64. The van der Waals surface area contributed by atoms with E-state index in [0.717, 1.165) is 24.3 Å². The van der Waals surface area contributed by atoms with Crippen LogP contribution in [-0.2, 0) is 6.18 Å². The average Bonchev–Trinajstić information content (AvgIpc) is 2.64. The van der Waals surface area contributed by atoms with Crippen molar-refractivity contribution in [2.75, 3.05) is 5.32 Å². The van der Waals surface area contributed by atoms with Crippen molar-refractivity contribution in [3.05, 3.63) is 88.1 Å². The Balaban J connectivity index is 1.96. The van der Waals surface area contributed by atoms with Gasteiger partial charge in [0.25, 0.3) is 5.91 Å². The number of anilines is 1. The Labute approximate surface area is 155 Å². The highest BCUT2D eigenvalue weighted by atomic mass is 19.4. The maximum Gasteiger partial charge on any atom is 0.416 e. The van der Waals surface area contributed by atoms with Gasteiger partial charge >= 0.3 is 6.18 Å². The molecule has 1 amide bonds. The van der Waals surface area contributed by atoms with Crippen molar-refractivity contribution >= 4 is 11.6 Å². The number of hydrogen-bond donors (Lipinski definition) is 2. The highest BCUT2D eigenvalue weighted by molar-refractivity contribution is 6.06. The van der Waals surface area contributed by atoms with E-state index >= 15 is 0 Å². The molecule has 0 fully saturated rings. The van der Waals surface area contributed by atoms with Crippen LogP contribution in [0.1, 0.15) is 15.9 Å². The van der Waals surface area contributed by atoms with Crippen LogP contribution in [0.2, 0.25) is 0 Å². The third-order valence-electron chi connectivity index (χ3n) is 3.64. The molecule has 0 atom stereocenters. The summed E-state index contributed by atoms with van der Waals surface area (Å²) >= 11 is 0. The van der Waals surface area contributed by atoms with E-state index in [1.165, 1.54) is 30.5 Å². The molecule has 0 unspecified atom stereocenters. The predicted molar refractivity (Wildman–Crippen MR) is 92.9 cm³/mol. The second-order valence-corrected chi connectivity index (χ2v) is 5.66. The summed E-state index contributed by atoms with van der Waals surface area (Å²) in [5.74, 6) is -1.60. The van der Waals surface area contributed by atoms with E-state index in [4.69, 9.17) is 4.74 Å². The second-order valence-electron chi connectivity index (χ2n) is 5.66. The maximum atomic E-state index is 13.0. The van der Waals surface area contributed by atoms with Crippen molar-refractivity contribution in [1.29, 1.82) is 0 Å². The van der Waals surface area contributed by atoms with E-state index in [-0.39, 0.29) is 28.3 Å². The Morgan fingerprint density at radius 3 is 2.32 bits per heavy atom. The molecule has 3 rings (SSSR count). The Hall–Kier alpha value is -3.62. The van der Waals surface area contributed by atoms with Crippen LogP contribution in [0, 0.1) is 5.82 Å². The van der Waals surface area contributed by atoms with Crippen LogP contribution in [0.25, 0.3) is 0 Å². The molecule has 0 saturated carbocycles. The first-order valence-corrected chi connectivity index (χ1v) is 7.87. The molecule has 0 aliphatic rings. The number of aromatic nitrogens is 1. The number of carbonyl (C=O) groups is 1. The summed E-state index contributed by atoms with van der Waals surface area (Å²) in [5, 5.41) is 2.45. The largest absolute Gasteiger partial charge is 0.457 e. The summed E-state index contributed by atoms with van der Waals surface area (Å²) in [6, 6.07) is 9.51. The van der Waals surface area contributed by atoms with Crippen LogP contribution >= 0.6 is 0 Å². The third kappa shape index (κ3) is 4.56. The molecule has 1 aromatic heterocycles. The summed E-state index contributed by atoms with van der Waals surface area (Å²) in [6.45, 7) is 0. The molecule has 0 bridgehead atoms. The van der Waals surface area contributed by atoms with Gasteiger partial charge in [0.1, 0.15) is 17.3 Å². The fourth-order valence-electron chi connectivity index (χ4n) is 2.29. The van der Waals surface area contributed by atoms with E-state index < -0.39 is 23.5 Å². The topological polar surface area (TPSA) is 71.2 Å². The lowest BCUT2D eigenvalue weighted by Gasteiger charge is -2.14. The van der Waals surface area contributed by atoms with Gasteiger partial charge in [-0.1, -0.05) is 0 Å². The van der Waals surface area contributed by atoms with Crippen molar-refractivity contribution in [3.8, 4) is 11.5 Å². The highest BCUT2D eigenvalue weighted by Gasteiger charge is 2.32. The molecule has 0 spiro atoms. The molecular formula is C19H12F4N2O3. The van der Waals surface area contributed by atoms with Crippen molar-refractivity contribution in [3.63, 3.8) is 0 Å². The fourth-order valence-corrected chi connectivity index (χ4v) is 2.29. The number of pyridine rings is 1. The average molecular weight is 392 g/mol. The summed E-state index contributed by atoms with van der Waals surface area (Å²) in [4.78, 5) is 25.9. The minimum atomic E-state index is -4.64. The SMILES string of the molecule is O=C(Nc1ccc(=O)[nH]c1)c1ccc(C(F)(F)F)cc1Oc1ccc(F)cc1. The van der Waals surface area contributed by atoms with Crippen LogP contribution in [-0.4, -0.2) is 10.9 Å². The molecule has 2 N–H and O–H groups in total. The maximum absolute atomic E-state index is 13.0. The van der Waals surface area contributed by atoms with Gasteiger partial charge < -0.3 is 15.0 Å². The van der Waals surface area contributed by atoms with Gasteiger partial charge in [0.05, 0.1) is 16.8 Å². The first kappa shape index (κ1) is 19.2. The standard InChI is InChI=1S/C19H12F4N2O3/c20-12-2-5-14(6-3-12)28-16-9-11(19(21,22)23)1-7-15(16)18(27)25-13-4-8-17(26)24-10-13/h1-10H,(H,24,26)(H,25,27). The Morgan fingerprint density at radius 1 is 1.00 bits per heavy atom. The fraction of sp³-hybridized carbons (Fsp3) is 0.0526. The van der Waals surface area contributed by atoms with E-state index in [1.54, 1.807) is 0 Å². The van der Waals surface area contributed by atoms with Gasteiger partial charge in [-0.3, -0.25) is 9.59 Å². The van der Waals surface area contributed by atoms with E-state index in [9.17, 15) is 27.2 Å². The summed E-state index contributed by atoms with van der Waals surface area (Å²) in [5.41, 5.74) is -1.33. The van der Waals surface area contributed by atoms with Crippen LogP contribution in [0.4, 0.5) is 23.2 Å². The van der Waals surface area contributed by atoms with Crippen molar-refractivity contribution in [2.45, 2.75) is 6.18 Å². The molecule has 2 aromatic carbocycles. The summed E-state index contributed by atoms with van der Waals surface area (Å²) in [6.07, 6.45) is -3.40. The quantitative estimate of drug-likeness (QED) is 0.639. The van der Waals surface area contributed by atoms with Gasteiger partial charge in [0, 0.05) is 12.3 Å². The van der Waals surface area contributed by atoms with Gasteiger partial charge in [-0.15, -0.1) is 0 Å². The zero-order valence-electron chi connectivity index (χ0n) is 14.0. The smallest absolute Gasteiger partial charge is 0.416 e. The number of rotatable bonds is 4. The molecule has 0 radical (unpaired) electrons. The van der Waals surface area contributed by atoms with Crippen molar-refractivity contribution in [2.24, 2.45) is 0 Å². The molecule has 0 aliphatic carbocycles. The lowest BCUT2D eigenvalue weighted by Crippen LogP contribution is -2.15. The number of halogens is 4. The number of nitrogens with one attached hydrogen (secondary N) is 2. The Kier molecular flexibility index (Phi) is 5.16. The van der Waals surface area contributed by atoms with Gasteiger partial charge in [-0.25, -0.2) is 4.39 Å². The first-order valence-electron chi connectivity index (χ1n) is 7.87. The van der Waals surface area contributed by atoms with Gasteiger partial charge in [0.2, 0.25) is 5.56 Å². The first-order chi connectivity index (χ1) is 13.2. The lowest BCUT2D eigenvalue weighted by atomic mass is 10.1. The van der Waals surface area contributed by atoms with Crippen LogP contribution < -0.4 is 15.6 Å². The van der Waals surface area contributed by atoms with E-state index in [1.807, 2.05) is 0 Å². The lowest BCUT2D eigenvalue weighted by molar-refractivity contribution is -0.137.